The maximum Gasteiger partial charge on any atom is 0.303 e. The van der Waals surface area contributed by atoms with E-state index < -0.39 is 5.60 Å². The van der Waals surface area contributed by atoms with E-state index in [4.69, 9.17) is 15.9 Å². The molecule has 1 atom stereocenters. The summed E-state index contributed by atoms with van der Waals surface area (Å²) in [6.07, 6.45) is 10.2. The summed E-state index contributed by atoms with van der Waals surface area (Å²) >= 11 is 0. The lowest BCUT2D eigenvalue weighted by molar-refractivity contribution is -0.201. The molecule has 3 nitrogen and oxygen atoms in total. The van der Waals surface area contributed by atoms with E-state index in [1.807, 2.05) is 27.7 Å². The fraction of sp³-hybridized carbons (Fsp3) is 0.720. The van der Waals surface area contributed by atoms with E-state index in [0.29, 0.717) is 0 Å². The Kier molecular flexibility index (Phi) is 34.5. The van der Waals surface area contributed by atoms with Gasteiger partial charge < -0.3 is 9.47 Å². The van der Waals surface area contributed by atoms with E-state index >= 15 is 0 Å². The average Bonchev–Trinajstić information content (AvgIpc) is 2.47. The van der Waals surface area contributed by atoms with Crippen molar-refractivity contribution in [2.75, 3.05) is 7.11 Å². The largest absolute Gasteiger partial charge is 0.459 e. The van der Waals surface area contributed by atoms with Crippen molar-refractivity contribution in [3.8, 4) is 36.5 Å². The van der Waals surface area contributed by atoms with Gasteiger partial charge >= 0.3 is 5.97 Å². The molecule has 0 aromatic rings. The summed E-state index contributed by atoms with van der Waals surface area (Å²) in [7, 11) is 1.69. The second kappa shape index (κ2) is 21.4. The molecular weight excluding hydrogens is 348 g/mol. The van der Waals surface area contributed by atoms with E-state index in [2.05, 4.69) is 44.0 Å². The lowest BCUT2D eigenvalue weighted by Crippen LogP contribution is -2.57. The number of carbonyl (C=O) groups is 1. The van der Waals surface area contributed by atoms with Crippen molar-refractivity contribution >= 4 is 5.97 Å². The van der Waals surface area contributed by atoms with Gasteiger partial charge in [0.15, 0.2) is 0 Å². The summed E-state index contributed by atoms with van der Waals surface area (Å²) in [6.45, 7) is 16.9. The zero-order valence-corrected chi connectivity index (χ0v) is 17.1. The first kappa shape index (κ1) is 45.1. The molecule has 0 spiro atoms. The quantitative estimate of drug-likeness (QED) is 0.369. The first-order chi connectivity index (χ1) is 10.9. The first-order valence-electron chi connectivity index (χ1n) is 7.86. The van der Waals surface area contributed by atoms with Crippen LogP contribution in [0.4, 0.5) is 0 Å². The van der Waals surface area contributed by atoms with Crippen molar-refractivity contribution in [2.45, 2.75) is 110 Å². The first-order valence-corrected chi connectivity index (χ1v) is 7.86. The van der Waals surface area contributed by atoms with Crippen molar-refractivity contribution in [1.29, 1.82) is 0 Å². The Bertz CT molecular complexity index is 505. The smallest absolute Gasteiger partial charge is 0.303 e. The second-order valence-electron chi connectivity index (χ2n) is 6.31. The van der Waals surface area contributed by atoms with Gasteiger partial charge in [0.1, 0.15) is 5.60 Å². The molecule has 0 rings (SSSR count). The highest BCUT2D eigenvalue weighted by atomic mass is 16.6. The Morgan fingerprint density at radius 1 is 0.929 bits per heavy atom. The molecule has 1 unspecified atom stereocenters. The van der Waals surface area contributed by atoms with Gasteiger partial charge in [0, 0.05) is 19.4 Å². The molecule has 168 valence electrons. The van der Waals surface area contributed by atoms with Gasteiger partial charge in [-0.25, -0.2) is 0 Å². The summed E-state index contributed by atoms with van der Waals surface area (Å²) < 4.78 is 11.0. The Balaban J connectivity index is -0.0000000632. The number of esters is 1. The minimum atomic E-state index is -0.562. The number of ether oxygens (including phenoxy) is 2. The molecule has 0 saturated carbocycles. The van der Waals surface area contributed by atoms with Crippen molar-refractivity contribution in [2.24, 2.45) is 5.41 Å². The van der Waals surface area contributed by atoms with E-state index in [-0.39, 0.29) is 46.7 Å². The number of hydrogen-bond donors (Lipinski definition) is 0. The molecule has 0 saturated heterocycles. The van der Waals surface area contributed by atoms with Crippen LogP contribution in [0.5, 0.6) is 0 Å². The van der Waals surface area contributed by atoms with Gasteiger partial charge in [-0.2, -0.15) is 0 Å². The van der Waals surface area contributed by atoms with Crippen LogP contribution in [0.15, 0.2) is 0 Å². The van der Waals surface area contributed by atoms with Crippen LogP contribution in [0.2, 0.25) is 0 Å². The number of terminal acetylenes is 2. The molecule has 0 radical (unpaired) electrons. The van der Waals surface area contributed by atoms with Crippen molar-refractivity contribution in [1.82, 2.24) is 0 Å². The minimum absolute atomic E-state index is 0. The average molecular weight is 399 g/mol. The van der Waals surface area contributed by atoms with Crippen molar-refractivity contribution in [3.05, 3.63) is 0 Å². The predicted molar refractivity (Wildman–Crippen MR) is 129 cm³/mol. The topological polar surface area (TPSA) is 35.5 Å². The van der Waals surface area contributed by atoms with E-state index in [0.717, 1.165) is 6.42 Å². The Morgan fingerprint density at radius 3 is 1.43 bits per heavy atom. The maximum absolute atomic E-state index is 11.2. The fourth-order valence-corrected chi connectivity index (χ4v) is 2.35. The molecule has 0 bridgehead atoms. The molecule has 0 aromatic carbocycles. The molecule has 28 heavy (non-hydrogen) atoms. The number of hydrogen-bond acceptors (Lipinski definition) is 3. The molecule has 0 aliphatic carbocycles. The molecule has 0 aromatic heterocycles. The maximum atomic E-state index is 11.2. The molecule has 3 heteroatoms. The van der Waals surface area contributed by atoms with Gasteiger partial charge in [-0.3, -0.25) is 4.79 Å². The SMILES string of the molecule is C.C.C.C.C#CC.C#CC#CC.CCC(C)(C(C)(C)OC)C(C)(C)OC(C)=O. The van der Waals surface area contributed by atoms with Crippen LogP contribution in [0.3, 0.4) is 0 Å². The zero-order chi connectivity index (χ0) is 20.0. The van der Waals surface area contributed by atoms with Crippen LogP contribution >= 0.6 is 0 Å². The van der Waals surface area contributed by atoms with Gasteiger partial charge in [0.2, 0.25) is 0 Å². The Hall–Kier alpha value is -1.89. The summed E-state index contributed by atoms with van der Waals surface area (Å²) in [5.74, 6) is 9.07. The van der Waals surface area contributed by atoms with Crippen LogP contribution in [-0.4, -0.2) is 24.3 Å². The normalized spacial score (nSPS) is 10.4. The van der Waals surface area contributed by atoms with Gasteiger partial charge in [0.05, 0.1) is 5.60 Å². The third-order valence-electron chi connectivity index (χ3n) is 4.47. The number of carbonyl (C=O) groups excluding carboxylic acids is 1. The second-order valence-corrected chi connectivity index (χ2v) is 6.31. The fourth-order valence-electron chi connectivity index (χ4n) is 2.35. The van der Waals surface area contributed by atoms with E-state index in [1.165, 1.54) is 6.92 Å². The molecule has 0 fully saturated rings. The molecular formula is C25H50O3. The molecule has 0 heterocycles. The third kappa shape index (κ3) is 15.2. The summed E-state index contributed by atoms with van der Waals surface area (Å²) in [6, 6.07) is 0. The van der Waals surface area contributed by atoms with E-state index in [1.54, 1.807) is 21.0 Å². The Labute approximate surface area is 179 Å². The van der Waals surface area contributed by atoms with Gasteiger partial charge in [0.25, 0.3) is 0 Å². The number of rotatable bonds is 5. The summed E-state index contributed by atoms with van der Waals surface area (Å²) in [5.41, 5.74) is -1.17. The highest BCUT2D eigenvalue weighted by Crippen LogP contribution is 2.47. The Morgan fingerprint density at radius 2 is 1.29 bits per heavy atom. The molecule has 0 N–H and O–H groups in total. The van der Waals surface area contributed by atoms with Crippen molar-refractivity contribution < 1.29 is 14.3 Å². The van der Waals surface area contributed by atoms with Gasteiger partial charge in [-0.1, -0.05) is 49.5 Å². The van der Waals surface area contributed by atoms with Crippen LogP contribution in [0.25, 0.3) is 0 Å². The third-order valence-corrected chi connectivity index (χ3v) is 4.47. The van der Waals surface area contributed by atoms with E-state index in [9.17, 15) is 4.79 Å². The predicted octanol–water partition coefficient (Wildman–Crippen LogP) is 7.00. The zero-order valence-electron chi connectivity index (χ0n) is 17.1. The summed E-state index contributed by atoms with van der Waals surface area (Å²) in [5, 5.41) is 0. The lowest BCUT2D eigenvalue weighted by atomic mass is 9.63. The van der Waals surface area contributed by atoms with Gasteiger partial charge in [-0.05, 0) is 59.8 Å². The minimum Gasteiger partial charge on any atom is -0.459 e. The highest BCUT2D eigenvalue weighted by molar-refractivity contribution is 5.66. The van der Waals surface area contributed by atoms with Gasteiger partial charge in [-0.15, -0.1) is 18.8 Å². The summed E-state index contributed by atoms with van der Waals surface area (Å²) in [4.78, 5) is 11.2. The van der Waals surface area contributed by atoms with Crippen LogP contribution < -0.4 is 0 Å². The molecule has 0 amide bonds. The van der Waals surface area contributed by atoms with Crippen LogP contribution in [0, 0.1) is 41.9 Å². The number of methoxy groups -OCH3 is 1. The molecule has 0 aliphatic heterocycles. The lowest BCUT2D eigenvalue weighted by Gasteiger charge is -2.51. The van der Waals surface area contributed by atoms with Crippen molar-refractivity contribution in [3.63, 3.8) is 0 Å². The monoisotopic (exact) mass is 398 g/mol. The highest BCUT2D eigenvalue weighted by Gasteiger charge is 2.52. The van der Waals surface area contributed by atoms with Crippen LogP contribution in [-0.2, 0) is 14.3 Å². The van der Waals surface area contributed by atoms with Crippen LogP contribution in [0.1, 0.15) is 98.4 Å². The standard InChI is InChI=1S/C13H26O3.C5H4.C3H4.4CH4/c1-9-13(7,11(3,4)15-8)12(5,6)16-10(2)14;1-3-5-4-2;1-3-2;;;;/h9H2,1-8H3;1H,2H3;1H,2H3;4*1H4. The molecule has 0 aliphatic rings.